The molecule has 6 nitrogen and oxygen atoms in total. The molecule has 0 aromatic heterocycles. The van der Waals surface area contributed by atoms with Crippen molar-refractivity contribution in [1.82, 2.24) is 10.6 Å². The van der Waals surface area contributed by atoms with E-state index in [9.17, 15) is 9.59 Å². The molecule has 10 heteroatoms. The van der Waals surface area contributed by atoms with Gasteiger partial charge in [-0.3, -0.25) is 9.59 Å². The highest BCUT2D eigenvalue weighted by Crippen LogP contribution is 2.29. The zero-order chi connectivity index (χ0) is 22.1. The molecule has 0 bridgehead atoms. The number of carbonyl (C=O) groups excluding carboxylic acids is 2. The number of alkyl halides is 3. The SMILES string of the molecule is CC(=O)Nc1ccc(NC(=S)NC(NC(=O)/C=C/c2ccccc2)C(Cl)(Cl)Cl)cc1. The van der Waals surface area contributed by atoms with Crippen LogP contribution in [0.1, 0.15) is 12.5 Å². The second kappa shape index (κ2) is 11.2. The summed E-state index contributed by atoms with van der Waals surface area (Å²) >= 11 is 23.2. The zero-order valence-corrected chi connectivity index (χ0v) is 18.9. The van der Waals surface area contributed by atoms with E-state index >= 15 is 0 Å². The lowest BCUT2D eigenvalue weighted by Gasteiger charge is -2.27. The van der Waals surface area contributed by atoms with E-state index in [0.29, 0.717) is 11.4 Å². The van der Waals surface area contributed by atoms with Gasteiger partial charge in [0.05, 0.1) is 0 Å². The number of benzene rings is 2. The van der Waals surface area contributed by atoms with Crippen molar-refractivity contribution in [3.63, 3.8) is 0 Å². The molecule has 4 N–H and O–H groups in total. The molecular weight excluding hydrogens is 467 g/mol. The lowest BCUT2D eigenvalue weighted by Crippen LogP contribution is -2.55. The van der Waals surface area contributed by atoms with Gasteiger partial charge in [0.1, 0.15) is 6.17 Å². The van der Waals surface area contributed by atoms with E-state index in [2.05, 4.69) is 21.3 Å². The lowest BCUT2D eigenvalue weighted by atomic mass is 10.2. The van der Waals surface area contributed by atoms with Crippen molar-refractivity contribution >= 4 is 81.4 Å². The summed E-state index contributed by atoms with van der Waals surface area (Å²) in [6.07, 6.45) is 1.88. The maximum absolute atomic E-state index is 12.2. The van der Waals surface area contributed by atoms with Crippen LogP contribution >= 0.6 is 47.0 Å². The molecule has 0 aliphatic heterocycles. The van der Waals surface area contributed by atoms with Gasteiger partial charge in [0.25, 0.3) is 0 Å². The predicted octanol–water partition coefficient (Wildman–Crippen LogP) is 4.46. The van der Waals surface area contributed by atoms with Crippen molar-refractivity contribution < 1.29 is 9.59 Å². The van der Waals surface area contributed by atoms with Gasteiger partial charge in [0, 0.05) is 24.4 Å². The number of thiocarbonyl (C=S) groups is 1. The highest BCUT2D eigenvalue weighted by molar-refractivity contribution is 7.80. The fourth-order valence-electron chi connectivity index (χ4n) is 2.26. The van der Waals surface area contributed by atoms with Crippen LogP contribution in [0.25, 0.3) is 6.08 Å². The first-order valence-corrected chi connectivity index (χ1v) is 10.2. The van der Waals surface area contributed by atoms with Crippen LogP contribution in [0.4, 0.5) is 11.4 Å². The van der Waals surface area contributed by atoms with E-state index in [1.807, 2.05) is 30.3 Å². The van der Waals surface area contributed by atoms with Crippen molar-refractivity contribution in [3.05, 3.63) is 66.2 Å². The Balaban J connectivity index is 1.96. The van der Waals surface area contributed by atoms with E-state index < -0.39 is 15.9 Å². The fraction of sp³-hybridized carbons (Fsp3) is 0.150. The summed E-state index contributed by atoms with van der Waals surface area (Å²) in [6, 6.07) is 16.1. The van der Waals surface area contributed by atoms with Gasteiger partial charge in [-0.15, -0.1) is 0 Å². The summed E-state index contributed by atoms with van der Waals surface area (Å²) < 4.78 is -1.86. The van der Waals surface area contributed by atoms with Gasteiger partial charge in [-0.25, -0.2) is 0 Å². The van der Waals surface area contributed by atoms with Gasteiger partial charge in [0.2, 0.25) is 15.6 Å². The van der Waals surface area contributed by atoms with Crippen LogP contribution in [0.2, 0.25) is 0 Å². The molecule has 1 unspecified atom stereocenters. The maximum atomic E-state index is 12.2. The van der Waals surface area contributed by atoms with Crippen LogP contribution in [-0.2, 0) is 9.59 Å². The number of carbonyl (C=O) groups is 2. The highest BCUT2D eigenvalue weighted by atomic mass is 35.6. The highest BCUT2D eigenvalue weighted by Gasteiger charge is 2.34. The molecule has 30 heavy (non-hydrogen) atoms. The predicted molar refractivity (Wildman–Crippen MR) is 128 cm³/mol. The minimum absolute atomic E-state index is 0.131. The molecule has 2 amide bonds. The Bertz CT molecular complexity index is 916. The van der Waals surface area contributed by atoms with Crippen molar-refractivity contribution in [2.24, 2.45) is 0 Å². The van der Waals surface area contributed by atoms with E-state index in [0.717, 1.165) is 5.56 Å². The normalized spacial score (nSPS) is 12.1. The summed E-state index contributed by atoms with van der Waals surface area (Å²) in [5, 5.41) is 11.0. The quantitative estimate of drug-likeness (QED) is 0.210. The number of anilines is 2. The summed E-state index contributed by atoms with van der Waals surface area (Å²) in [7, 11) is 0. The van der Waals surface area contributed by atoms with E-state index in [4.69, 9.17) is 47.0 Å². The Hall–Kier alpha value is -2.32. The molecule has 0 radical (unpaired) electrons. The second-order valence-corrected chi connectivity index (χ2v) is 8.86. The van der Waals surface area contributed by atoms with Gasteiger partial charge >= 0.3 is 0 Å². The number of nitrogens with one attached hydrogen (secondary N) is 4. The number of hydrogen-bond acceptors (Lipinski definition) is 3. The van der Waals surface area contributed by atoms with Crippen LogP contribution in [0.5, 0.6) is 0 Å². The average Bonchev–Trinajstić information content (AvgIpc) is 2.67. The molecule has 0 fully saturated rings. The summed E-state index contributed by atoms with van der Waals surface area (Å²) in [5.74, 6) is -0.638. The van der Waals surface area contributed by atoms with Crippen molar-refractivity contribution in [1.29, 1.82) is 0 Å². The third kappa shape index (κ3) is 8.59. The molecule has 0 saturated carbocycles. The number of amides is 2. The van der Waals surface area contributed by atoms with E-state index in [1.165, 1.54) is 13.0 Å². The molecule has 0 aliphatic rings. The standard InChI is InChI=1S/C20H19Cl3N4O2S/c1-13(28)24-15-8-10-16(11-9-15)25-19(30)27-18(20(21,22)23)26-17(29)12-7-14-5-3-2-4-6-14/h2-12,18H,1H3,(H,24,28)(H,26,29)(H2,25,27,30)/b12-7+. The zero-order valence-electron chi connectivity index (χ0n) is 15.8. The smallest absolute Gasteiger partial charge is 0.245 e. The Morgan fingerprint density at radius 3 is 2.03 bits per heavy atom. The Morgan fingerprint density at radius 2 is 1.50 bits per heavy atom. The van der Waals surface area contributed by atoms with Crippen LogP contribution in [0.3, 0.4) is 0 Å². The van der Waals surface area contributed by atoms with Crippen LogP contribution < -0.4 is 21.3 Å². The molecule has 2 rings (SSSR count). The van der Waals surface area contributed by atoms with Crippen molar-refractivity contribution in [2.75, 3.05) is 10.6 Å². The molecule has 1 atom stereocenters. The molecular formula is C20H19Cl3N4O2S. The molecule has 0 heterocycles. The molecule has 0 saturated heterocycles. The number of halogens is 3. The fourth-order valence-corrected chi connectivity index (χ4v) is 2.83. The lowest BCUT2D eigenvalue weighted by molar-refractivity contribution is -0.117. The average molecular weight is 486 g/mol. The van der Waals surface area contributed by atoms with Gasteiger partial charge in [-0.1, -0.05) is 65.1 Å². The molecule has 0 spiro atoms. The summed E-state index contributed by atoms with van der Waals surface area (Å²) in [6.45, 7) is 1.42. The minimum atomic E-state index is -1.86. The summed E-state index contributed by atoms with van der Waals surface area (Å²) in [4.78, 5) is 23.3. The largest absolute Gasteiger partial charge is 0.339 e. The van der Waals surface area contributed by atoms with Crippen LogP contribution in [0, 0.1) is 0 Å². The van der Waals surface area contributed by atoms with Gasteiger partial charge in [-0.2, -0.15) is 0 Å². The van der Waals surface area contributed by atoms with E-state index in [1.54, 1.807) is 30.3 Å². The maximum Gasteiger partial charge on any atom is 0.245 e. The first-order chi connectivity index (χ1) is 14.1. The first kappa shape index (κ1) is 24.0. The molecule has 0 aliphatic carbocycles. The summed E-state index contributed by atoms with van der Waals surface area (Å²) in [5.41, 5.74) is 2.13. The Kier molecular flexibility index (Phi) is 8.92. The van der Waals surface area contributed by atoms with Gasteiger partial charge < -0.3 is 21.3 Å². The molecule has 2 aromatic rings. The third-order valence-electron chi connectivity index (χ3n) is 3.58. The Morgan fingerprint density at radius 1 is 0.933 bits per heavy atom. The number of hydrogen-bond donors (Lipinski definition) is 4. The Labute approximate surface area is 195 Å². The monoisotopic (exact) mass is 484 g/mol. The van der Waals surface area contributed by atoms with Crippen molar-refractivity contribution in [2.45, 2.75) is 16.9 Å². The topological polar surface area (TPSA) is 82.3 Å². The van der Waals surface area contributed by atoms with Gasteiger partial charge in [-0.05, 0) is 48.1 Å². The first-order valence-electron chi connectivity index (χ1n) is 8.69. The van der Waals surface area contributed by atoms with Crippen molar-refractivity contribution in [3.8, 4) is 0 Å². The van der Waals surface area contributed by atoms with Crippen LogP contribution in [0.15, 0.2) is 60.7 Å². The molecule has 2 aromatic carbocycles. The van der Waals surface area contributed by atoms with Gasteiger partial charge in [0.15, 0.2) is 5.11 Å². The second-order valence-electron chi connectivity index (χ2n) is 6.08. The number of rotatable bonds is 6. The minimum Gasteiger partial charge on any atom is -0.339 e. The van der Waals surface area contributed by atoms with E-state index in [-0.39, 0.29) is 11.0 Å². The third-order valence-corrected chi connectivity index (χ3v) is 4.45. The molecule has 158 valence electrons. The van der Waals surface area contributed by atoms with Crippen LogP contribution in [-0.4, -0.2) is 26.9 Å².